The molecule has 0 radical (unpaired) electrons. The van der Waals surface area contributed by atoms with Gasteiger partial charge in [-0.05, 0) is 13.3 Å². The Labute approximate surface area is 196 Å². The minimum absolute atomic E-state index is 0.0676. The maximum absolute atomic E-state index is 10.8. The SMILES string of the molecule is CCCCOC(Cl)([SiH](C)C)C(C)(OCCCl)C(C(O)OCCCl)C(O)OCCCl. The Morgan fingerprint density at radius 2 is 1.34 bits per heavy atom. The van der Waals surface area contributed by atoms with Crippen molar-refractivity contribution in [3.05, 3.63) is 0 Å². The van der Waals surface area contributed by atoms with Crippen LogP contribution in [-0.4, -0.2) is 85.9 Å². The van der Waals surface area contributed by atoms with Crippen molar-refractivity contribution in [2.75, 3.05) is 44.1 Å². The van der Waals surface area contributed by atoms with Crippen LogP contribution in [0.4, 0.5) is 0 Å². The first-order chi connectivity index (χ1) is 13.7. The third kappa shape index (κ3) is 8.89. The molecule has 0 saturated heterocycles. The molecule has 0 heterocycles. The Morgan fingerprint density at radius 1 is 0.862 bits per heavy atom. The number of aliphatic hydroxyl groups is 2. The van der Waals surface area contributed by atoms with Crippen LogP contribution in [0, 0.1) is 5.92 Å². The molecule has 0 aromatic carbocycles. The second-order valence-electron chi connectivity index (χ2n) is 7.07. The van der Waals surface area contributed by atoms with Crippen LogP contribution in [0.2, 0.25) is 13.1 Å². The van der Waals surface area contributed by atoms with E-state index in [0.717, 1.165) is 12.8 Å². The van der Waals surface area contributed by atoms with Gasteiger partial charge in [0.25, 0.3) is 0 Å². The highest BCUT2D eigenvalue weighted by Crippen LogP contribution is 2.45. The highest BCUT2D eigenvalue weighted by molar-refractivity contribution is 6.70. The summed E-state index contributed by atoms with van der Waals surface area (Å²) in [7, 11) is -1.81. The van der Waals surface area contributed by atoms with E-state index < -0.39 is 37.6 Å². The standard InChI is InChI=1S/C18H36Cl4O6Si/c1-5-6-10-28-18(22,29(3)4)17(2,27-13-9-21)14(15(23)25-11-7-19)16(24)26-12-8-20/h14-16,23-24,29H,5-13H2,1-4H3. The smallest absolute Gasteiger partial charge is 0.165 e. The van der Waals surface area contributed by atoms with Gasteiger partial charge in [0.1, 0.15) is 5.60 Å². The van der Waals surface area contributed by atoms with Gasteiger partial charge in [-0.1, -0.05) is 38.0 Å². The minimum atomic E-state index is -1.81. The zero-order valence-electron chi connectivity index (χ0n) is 17.7. The predicted molar refractivity (Wildman–Crippen MR) is 122 cm³/mol. The molecule has 0 saturated carbocycles. The molecule has 29 heavy (non-hydrogen) atoms. The highest BCUT2D eigenvalue weighted by Gasteiger charge is 2.60. The van der Waals surface area contributed by atoms with E-state index in [1.165, 1.54) is 0 Å². The second-order valence-corrected chi connectivity index (χ2v) is 12.3. The molecule has 0 aromatic rings. The van der Waals surface area contributed by atoms with Gasteiger partial charge in [0.2, 0.25) is 0 Å². The average Bonchev–Trinajstić information content (AvgIpc) is 2.68. The third-order valence-corrected chi connectivity index (χ3v) is 9.17. The third-order valence-electron chi connectivity index (χ3n) is 4.69. The van der Waals surface area contributed by atoms with Crippen molar-refractivity contribution in [2.24, 2.45) is 5.92 Å². The summed E-state index contributed by atoms with van der Waals surface area (Å²) in [5.41, 5.74) is -1.38. The molecule has 0 aliphatic rings. The number of aliphatic hydroxyl groups excluding tert-OH is 2. The Hall–Kier alpha value is 1.14. The molecule has 0 amide bonds. The summed E-state index contributed by atoms with van der Waals surface area (Å²) in [5, 5.41) is 21.6. The monoisotopic (exact) mass is 516 g/mol. The summed E-state index contributed by atoms with van der Waals surface area (Å²) in [4.78, 5) is 0. The molecule has 0 spiro atoms. The van der Waals surface area contributed by atoms with Gasteiger partial charge in [0.05, 0.1) is 34.5 Å². The van der Waals surface area contributed by atoms with Gasteiger partial charge >= 0.3 is 0 Å². The molecule has 4 atom stereocenters. The van der Waals surface area contributed by atoms with Crippen LogP contribution in [0.3, 0.4) is 0 Å². The Bertz CT molecular complexity index is 412. The normalized spacial score (nSPS) is 19.6. The van der Waals surface area contributed by atoms with E-state index in [1.54, 1.807) is 6.92 Å². The minimum Gasteiger partial charge on any atom is -0.369 e. The lowest BCUT2D eigenvalue weighted by Gasteiger charge is -2.52. The molecule has 6 nitrogen and oxygen atoms in total. The lowest BCUT2D eigenvalue weighted by atomic mass is 9.87. The van der Waals surface area contributed by atoms with Crippen molar-refractivity contribution < 1.29 is 29.2 Å². The number of hydrogen-bond donors (Lipinski definition) is 2. The summed E-state index contributed by atoms with van der Waals surface area (Å²) in [6.45, 7) is 8.44. The molecule has 4 unspecified atom stereocenters. The molecular formula is C18H36Cl4O6Si. The first-order valence-corrected chi connectivity index (χ1v) is 14.8. The van der Waals surface area contributed by atoms with Crippen LogP contribution in [0.15, 0.2) is 0 Å². The second kappa shape index (κ2) is 15.9. The summed E-state index contributed by atoms with van der Waals surface area (Å²) in [6, 6.07) is 0. The van der Waals surface area contributed by atoms with Crippen LogP contribution in [0.1, 0.15) is 26.7 Å². The van der Waals surface area contributed by atoms with Crippen molar-refractivity contribution in [1.82, 2.24) is 0 Å². The molecular weight excluding hydrogens is 482 g/mol. The van der Waals surface area contributed by atoms with Gasteiger partial charge in [0, 0.05) is 24.2 Å². The predicted octanol–water partition coefficient (Wildman–Crippen LogP) is 3.54. The zero-order chi connectivity index (χ0) is 22.5. The van der Waals surface area contributed by atoms with E-state index in [2.05, 4.69) is 0 Å². The highest BCUT2D eigenvalue weighted by atomic mass is 35.5. The maximum Gasteiger partial charge on any atom is 0.165 e. The van der Waals surface area contributed by atoms with Gasteiger partial charge in [-0.3, -0.25) is 0 Å². The van der Waals surface area contributed by atoms with Gasteiger partial charge in [0.15, 0.2) is 17.3 Å². The molecule has 0 aliphatic carbocycles. The van der Waals surface area contributed by atoms with Crippen molar-refractivity contribution >= 4 is 55.2 Å². The fourth-order valence-electron chi connectivity index (χ4n) is 3.14. The lowest BCUT2D eigenvalue weighted by molar-refractivity contribution is -0.287. The van der Waals surface area contributed by atoms with E-state index in [4.69, 9.17) is 65.4 Å². The topological polar surface area (TPSA) is 77.4 Å². The van der Waals surface area contributed by atoms with Gasteiger partial charge in [-0.15, -0.1) is 34.8 Å². The van der Waals surface area contributed by atoms with Crippen molar-refractivity contribution in [2.45, 2.75) is 62.6 Å². The van der Waals surface area contributed by atoms with Gasteiger partial charge in [-0.25, -0.2) is 0 Å². The summed E-state index contributed by atoms with van der Waals surface area (Å²) >= 11 is 24.4. The number of alkyl halides is 4. The van der Waals surface area contributed by atoms with Crippen LogP contribution >= 0.6 is 46.4 Å². The molecule has 2 N–H and O–H groups in total. The summed E-state index contributed by atoms with van der Waals surface area (Å²) in [6.07, 6.45) is -1.21. The Kier molecular flexibility index (Phi) is 16.5. The zero-order valence-corrected chi connectivity index (χ0v) is 21.9. The number of hydrogen-bond acceptors (Lipinski definition) is 6. The maximum atomic E-state index is 10.8. The van der Waals surface area contributed by atoms with E-state index in [1.807, 2.05) is 20.0 Å². The van der Waals surface area contributed by atoms with Crippen molar-refractivity contribution in [1.29, 1.82) is 0 Å². The molecule has 0 fully saturated rings. The van der Waals surface area contributed by atoms with Crippen LogP contribution in [0.25, 0.3) is 0 Å². The van der Waals surface area contributed by atoms with Gasteiger partial charge < -0.3 is 29.2 Å². The lowest BCUT2D eigenvalue weighted by Crippen LogP contribution is -2.67. The summed E-state index contributed by atoms with van der Waals surface area (Å²) < 4.78 is 21.8. The van der Waals surface area contributed by atoms with Crippen molar-refractivity contribution in [3.8, 4) is 0 Å². The fraction of sp³-hybridized carbons (Fsp3) is 1.00. The fourth-order valence-corrected chi connectivity index (χ4v) is 5.53. The Morgan fingerprint density at radius 3 is 1.72 bits per heavy atom. The molecule has 0 aromatic heterocycles. The van der Waals surface area contributed by atoms with Crippen LogP contribution in [-0.2, 0) is 18.9 Å². The first kappa shape index (κ1) is 30.1. The van der Waals surface area contributed by atoms with Gasteiger partial charge in [-0.2, -0.15) is 0 Å². The molecule has 0 rings (SSSR count). The number of unbranched alkanes of at least 4 members (excludes halogenated alkanes) is 1. The van der Waals surface area contributed by atoms with Crippen molar-refractivity contribution in [3.63, 3.8) is 0 Å². The van der Waals surface area contributed by atoms with E-state index in [-0.39, 0.29) is 37.5 Å². The Balaban J connectivity index is 6.18. The van der Waals surface area contributed by atoms with E-state index in [9.17, 15) is 10.2 Å². The molecule has 0 bridgehead atoms. The number of halogens is 4. The summed E-state index contributed by atoms with van der Waals surface area (Å²) in [5.74, 6) is -0.577. The van der Waals surface area contributed by atoms with Crippen LogP contribution < -0.4 is 0 Å². The first-order valence-electron chi connectivity index (χ1n) is 9.90. The number of rotatable bonds is 18. The largest absolute Gasteiger partial charge is 0.369 e. The number of ether oxygens (including phenoxy) is 4. The molecule has 0 aliphatic heterocycles. The van der Waals surface area contributed by atoms with Crippen LogP contribution in [0.5, 0.6) is 0 Å². The quantitative estimate of drug-likeness (QED) is 0.125. The van der Waals surface area contributed by atoms with E-state index in [0.29, 0.717) is 6.61 Å². The average molecular weight is 518 g/mol. The molecule has 176 valence electrons. The molecule has 11 heteroatoms. The van der Waals surface area contributed by atoms with E-state index >= 15 is 0 Å².